The van der Waals surface area contributed by atoms with Crippen LogP contribution in [0.4, 0.5) is 0 Å². The SMILES string of the molecule is Cc1ccc2occ(CN(Cc3ccccc3)C(=O)CN(CCC(C)C)C(=O)c3ccc(Cl)c(Cl)c3)c(=O)c2c1. The van der Waals surface area contributed by atoms with Gasteiger partial charge in [0.25, 0.3) is 5.91 Å². The lowest BCUT2D eigenvalue weighted by Crippen LogP contribution is -2.43. The Labute approximate surface area is 244 Å². The average Bonchev–Trinajstić information content (AvgIpc) is 2.93. The van der Waals surface area contributed by atoms with E-state index in [2.05, 4.69) is 13.8 Å². The van der Waals surface area contributed by atoms with Crippen LogP contribution in [-0.2, 0) is 17.9 Å². The highest BCUT2D eigenvalue weighted by molar-refractivity contribution is 6.42. The molecule has 0 aliphatic rings. The number of aryl methyl sites for hydroxylation is 1. The molecule has 0 saturated heterocycles. The number of rotatable bonds is 10. The molecule has 0 bridgehead atoms. The van der Waals surface area contributed by atoms with Gasteiger partial charge in [-0.05, 0) is 55.2 Å². The summed E-state index contributed by atoms with van der Waals surface area (Å²) in [6.45, 7) is 6.57. The van der Waals surface area contributed by atoms with Crippen molar-refractivity contribution in [2.75, 3.05) is 13.1 Å². The van der Waals surface area contributed by atoms with Gasteiger partial charge in [0.15, 0.2) is 5.43 Å². The topological polar surface area (TPSA) is 70.8 Å². The first-order valence-electron chi connectivity index (χ1n) is 13.2. The van der Waals surface area contributed by atoms with Crippen molar-refractivity contribution in [3.8, 4) is 0 Å². The monoisotopic (exact) mass is 578 g/mol. The van der Waals surface area contributed by atoms with E-state index in [0.29, 0.717) is 46.0 Å². The van der Waals surface area contributed by atoms with Crippen molar-refractivity contribution in [3.63, 3.8) is 0 Å². The summed E-state index contributed by atoms with van der Waals surface area (Å²) in [5, 5.41) is 1.09. The van der Waals surface area contributed by atoms with Gasteiger partial charge >= 0.3 is 0 Å². The third-order valence-corrected chi connectivity index (χ3v) is 7.42. The summed E-state index contributed by atoms with van der Waals surface area (Å²) >= 11 is 12.2. The first-order chi connectivity index (χ1) is 19.1. The van der Waals surface area contributed by atoms with E-state index in [1.165, 1.54) is 17.2 Å². The van der Waals surface area contributed by atoms with Crippen LogP contribution < -0.4 is 5.43 Å². The zero-order chi connectivity index (χ0) is 28.8. The summed E-state index contributed by atoms with van der Waals surface area (Å²) in [6, 6.07) is 19.7. The second-order valence-electron chi connectivity index (χ2n) is 10.4. The molecular formula is C32H32Cl2N2O4. The molecule has 1 aromatic heterocycles. The summed E-state index contributed by atoms with van der Waals surface area (Å²) < 4.78 is 5.75. The van der Waals surface area contributed by atoms with Crippen molar-refractivity contribution in [2.24, 2.45) is 5.92 Å². The Bertz CT molecular complexity index is 1570. The standard InChI is InChI=1S/C32H32Cl2N2O4/c1-21(2)13-14-35(32(39)24-10-11-27(33)28(34)16-24)19-30(37)36(17-23-7-5-4-6-8-23)18-25-20-40-29-12-9-22(3)15-26(29)31(25)38/h4-12,15-16,20-21H,13-14,17-19H2,1-3H3. The maximum Gasteiger partial charge on any atom is 0.254 e. The molecule has 4 aromatic rings. The van der Waals surface area contributed by atoms with Crippen LogP contribution in [0.1, 0.15) is 47.3 Å². The molecule has 0 aliphatic carbocycles. The number of hydrogen-bond acceptors (Lipinski definition) is 4. The van der Waals surface area contributed by atoms with E-state index in [0.717, 1.165) is 11.1 Å². The van der Waals surface area contributed by atoms with Gasteiger partial charge in [-0.1, -0.05) is 79.0 Å². The van der Waals surface area contributed by atoms with Crippen LogP contribution in [0, 0.1) is 12.8 Å². The van der Waals surface area contributed by atoms with Crippen molar-refractivity contribution in [2.45, 2.75) is 40.3 Å². The van der Waals surface area contributed by atoms with Crippen LogP contribution in [0.15, 0.2) is 82.2 Å². The predicted molar refractivity (Wildman–Crippen MR) is 160 cm³/mol. The van der Waals surface area contributed by atoms with Crippen molar-refractivity contribution in [1.29, 1.82) is 0 Å². The summed E-state index contributed by atoms with van der Waals surface area (Å²) in [5.74, 6) is -0.275. The predicted octanol–water partition coefficient (Wildman–Crippen LogP) is 7.13. The summed E-state index contributed by atoms with van der Waals surface area (Å²) in [5.41, 5.74) is 2.88. The Hall–Kier alpha value is -3.61. The largest absolute Gasteiger partial charge is 0.464 e. The fourth-order valence-corrected chi connectivity index (χ4v) is 4.68. The third-order valence-electron chi connectivity index (χ3n) is 6.69. The first kappa shape index (κ1) is 29.4. The highest BCUT2D eigenvalue weighted by Gasteiger charge is 2.24. The Morgan fingerprint density at radius 1 is 0.900 bits per heavy atom. The minimum Gasteiger partial charge on any atom is -0.464 e. The normalized spacial score (nSPS) is 11.2. The lowest BCUT2D eigenvalue weighted by molar-refractivity contribution is -0.133. The minimum absolute atomic E-state index is 0.0406. The molecule has 40 heavy (non-hydrogen) atoms. The molecule has 1 heterocycles. The molecule has 4 rings (SSSR count). The zero-order valence-electron chi connectivity index (χ0n) is 22.8. The number of hydrogen-bond donors (Lipinski definition) is 0. The van der Waals surface area contributed by atoms with E-state index in [-0.39, 0.29) is 41.9 Å². The molecular weight excluding hydrogens is 547 g/mol. The maximum absolute atomic E-state index is 13.8. The van der Waals surface area contributed by atoms with E-state index in [9.17, 15) is 14.4 Å². The van der Waals surface area contributed by atoms with E-state index in [4.69, 9.17) is 27.6 Å². The Morgan fingerprint density at radius 2 is 1.65 bits per heavy atom. The summed E-state index contributed by atoms with van der Waals surface area (Å²) in [4.78, 5) is 43.8. The number of nitrogens with zero attached hydrogens (tertiary/aromatic N) is 2. The number of carbonyl (C=O) groups excluding carboxylic acids is 2. The van der Waals surface area contributed by atoms with Crippen LogP contribution in [0.2, 0.25) is 10.0 Å². The second kappa shape index (κ2) is 13.2. The third kappa shape index (κ3) is 7.32. The highest BCUT2D eigenvalue weighted by Crippen LogP contribution is 2.24. The molecule has 0 fully saturated rings. The van der Waals surface area contributed by atoms with E-state index >= 15 is 0 Å². The molecule has 2 amide bonds. The van der Waals surface area contributed by atoms with Crippen LogP contribution in [-0.4, -0.2) is 34.7 Å². The molecule has 0 spiro atoms. The molecule has 3 aromatic carbocycles. The molecule has 0 aliphatic heterocycles. The fraction of sp³-hybridized carbons (Fsp3) is 0.281. The number of fused-ring (bicyclic) bond motifs is 1. The smallest absolute Gasteiger partial charge is 0.254 e. The van der Waals surface area contributed by atoms with Crippen LogP contribution in [0.5, 0.6) is 0 Å². The molecule has 208 valence electrons. The second-order valence-corrected chi connectivity index (χ2v) is 11.2. The Kier molecular flexibility index (Phi) is 9.67. The van der Waals surface area contributed by atoms with E-state index in [1.807, 2.05) is 43.3 Å². The quantitative estimate of drug-likeness (QED) is 0.201. The van der Waals surface area contributed by atoms with E-state index < -0.39 is 0 Å². The lowest BCUT2D eigenvalue weighted by Gasteiger charge is -2.28. The Balaban J connectivity index is 1.65. The van der Waals surface area contributed by atoms with Gasteiger partial charge in [-0.3, -0.25) is 14.4 Å². The van der Waals surface area contributed by atoms with Crippen molar-refractivity contribution < 1.29 is 14.0 Å². The van der Waals surface area contributed by atoms with Gasteiger partial charge in [-0.2, -0.15) is 0 Å². The molecule has 0 N–H and O–H groups in total. The number of benzene rings is 3. The molecule has 0 atom stereocenters. The van der Waals surface area contributed by atoms with Crippen molar-refractivity contribution in [3.05, 3.63) is 116 Å². The van der Waals surface area contributed by atoms with Crippen LogP contribution >= 0.6 is 23.2 Å². The molecule has 0 radical (unpaired) electrons. The highest BCUT2D eigenvalue weighted by atomic mass is 35.5. The molecule has 0 saturated carbocycles. The van der Waals surface area contributed by atoms with Gasteiger partial charge in [-0.15, -0.1) is 0 Å². The van der Waals surface area contributed by atoms with Gasteiger partial charge in [0.05, 0.1) is 33.8 Å². The molecule has 8 heteroatoms. The van der Waals surface area contributed by atoms with Crippen LogP contribution in [0.3, 0.4) is 0 Å². The summed E-state index contributed by atoms with van der Waals surface area (Å²) in [6.07, 6.45) is 2.13. The van der Waals surface area contributed by atoms with Crippen LogP contribution in [0.25, 0.3) is 11.0 Å². The van der Waals surface area contributed by atoms with Gasteiger partial charge in [0.1, 0.15) is 12.1 Å². The average molecular weight is 580 g/mol. The van der Waals surface area contributed by atoms with Crippen molar-refractivity contribution in [1.82, 2.24) is 9.80 Å². The number of halogens is 2. The maximum atomic E-state index is 13.8. The zero-order valence-corrected chi connectivity index (χ0v) is 24.3. The number of carbonyl (C=O) groups is 2. The number of amides is 2. The minimum atomic E-state index is -0.312. The molecule has 0 unspecified atom stereocenters. The van der Waals surface area contributed by atoms with Gasteiger partial charge in [-0.25, -0.2) is 0 Å². The van der Waals surface area contributed by atoms with Gasteiger partial charge in [0.2, 0.25) is 5.91 Å². The molecule has 6 nitrogen and oxygen atoms in total. The fourth-order valence-electron chi connectivity index (χ4n) is 4.38. The van der Waals surface area contributed by atoms with Gasteiger partial charge in [0, 0.05) is 18.7 Å². The Morgan fingerprint density at radius 3 is 2.35 bits per heavy atom. The van der Waals surface area contributed by atoms with Gasteiger partial charge < -0.3 is 14.2 Å². The lowest BCUT2D eigenvalue weighted by atomic mass is 10.1. The van der Waals surface area contributed by atoms with E-state index in [1.54, 1.807) is 29.2 Å². The first-order valence-corrected chi connectivity index (χ1v) is 13.9. The van der Waals surface area contributed by atoms with Crippen molar-refractivity contribution >= 4 is 46.0 Å². The summed E-state index contributed by atoms with van der Waals surface area (Å²) in [7, 11) is 0.